The van der Waals surface area contributed by atoms with Crippen LogP contribution in [0.15, 0.2) is 46.9 Å². The highest BCUT2D eigenvalue weighted by molar-refractivity contribution is 9.10. The first-order valence-corrected chi connectivity index (χ1v) is 6.79. The second kappa shape index (κ2) is 4.65. The number of nitrogens with two attached hydrogens (primary N) is 1. The molecule has 0 heterocycles. The molecule has 0 saturated heterocycles. The molecule has 18 heavy (non-hydrogen) atoms. The van der Waals surface area contributed by atoms with Gasteiger partial charge in [-0.15, -0.1) is 0 Å². The van der Waals surface area contributed by atoms with Gasteiger partial charge in [0.05, 0.1) is 11.1 Å². The largest absolute Gasteiger partial charge is 0.492 e. The smallest absolute Gasteiger partial charge is 0.135 e. The molecule has 0 amide bonds. The number of rotatable bonds is 3. The highest BCUT2D eigenvalue weighted by atomic mass is 79.9. The molecule has 0 radical (unpaired) electrons. The second-order valence-corrected chi connectivity index (χ2v) is 5.46. The van der Waals surface area contributed by atoms with Crippen molar-refractivity contribution < 1.29 is 4.74 Å². The van der Waals surface area contributed by atoms with Crippen LogP contribution in [0, 0.1) is 0 Å². The minimum Gasteiger partial charge on any atom is -0.492 e. The summed E-state index contributed by atoms with van der Waals surface area (Å²) in [5.74, 6) is 1.33. The van der Waals surface area contributed by atoms with Crippen molar-refractivity contribution in [1.82, 2.24) is 0 Å². The zero-order valence-corrected chi connectivity index (χ0v) is 11.5. The molecule has 1 unspecified atom stereocenters. The van der Waals surface area contributed by atoms with E-state index in [1.807, 2.05) is 18.2 Å². The Balaban J connectivity index is 1.68. The molecule has 0 aromatic heterocycles. The van der Waals surface area contributed by atoms with Gasteiger partial charge in [-0.1, -0.05) is 24.3 Å². The maximum atomic E-state index is 5.85. The molecule has 3 heteroatoms. The Morgan fingerprint density at radius 3 is 2.89 bits per heavy atom. The summed E-state index contributed by atoms with van der Waals surface area (Å²) in [6.45, 7) is 0.707. The fourth-order valence-electron chi connectivity index (χ4n) is 2.33. The SMILES string of the molecule is Nc1ccc(Br)c(OCC2Cc3ccccc32)c1. The molecule has 0 fully saturated rings. The van der Waals surface area contributed by atoms with E-state index in [9.17, 15) is 0 Å². The number of nitrogen functional groups attached to an aromatic ring is 1. The summed E-state index contributed by atoms with van der Waals surface area (Å²) in [5, 5.41) is 0. The average molecular weight is 304 g/mol. The predicted octanol–water partition coefficient (Wildman–Crippen LogP) is 3.75. The Hall–Kier alpha value is -1.48. The maximum absolute atomic E-state index is 5.85. The second-order valence-electron chi connectivity index (χ2n) is 4.60. The third kappa shape index (κ3) is 2.10. The van der Waals surface area contributed by atoms with Crippen molar-refractivity contribution in [1.29, 1.82) is 0 Å². The van der Waals surface area contributed by atoms with Gasteiger partial charge >= 0.3 is 0 Å². The number of ether oxygens (including phenoxy) is 1. The van der Waals surface area contributed by atoms with Crippen LogP contribution in [0.2, 0.25) is 0 Å². The van der Waals surface area contributed by atoms with Crippen LogP contribution in [0.25, 0.3) is 0 Å². The summed E-state index contributed by atoms with van der Waals surface area (Å²) in [6.07, 6.45) is 1.11. The molecule has 2 aromatic rings. The minimum atomic E-state index is 0.509. The summed E-state index contributed by atoms with van der Waals surface area (Å²) in [5.41, 5.74) is 9.34. The lowest BCUT2D eigenvalue weighted by atomic mass is 9.78. The van der Waals surface area contributed by atoms with E-state index in [0.717, 1.165) is 22.3 Å². The number of anilines is 1. The summed E-state index contributed by atoms with van der Waals surface area (Å²) in [4.78, 5) is 0. The maximum Gasteiger partial charge on any atom is 0.135 e. The molecular formula is C15H14BrNO. The van der Waals surface area contributed by atoms with Crippen LogP contribution < -0.4 is 10.5 Å². The normalized spacial score (nSPS) is 16.8. The van der Waals surface area contributed by atoms with Gasteiger partial charge in [0.2, 0.25) is 0 Å². The van der Waals surface area contributed by atoms with E-state index < -0.39 is 0 Å². The minimum absolute atomic E-state index is 0.509. The zero-order valence-electron chi connectivity index (χ0n) is 9.90. The molecule has 2 nitrogen and oxygen atoms in total. The topological polar surface area (TPSA) is 35.2 Å². The molecule has 0 saturated carbocycles. The van der Waals surface area contributed by atoms with Gasteiger partial charge in [0.15, 0.2) is 0 Å². The summed E-state index contributed by atoms with van der Waals surface area (Å²) in [7, 11) is 0. The lowest BCUT2D eigenvalue weighted by Crippen LogP contribution is -2.23. The van der Waals surface area contributed by atoms with Gasteiger partial charge in [-0.2, -0.15) is 0 Å². The molecule has 0 aliphatic heterocycles. The predicted molar refractivity (Wildman–Crippen MR) is 76.9 cm³/mol. The van der Waals surface area contributed by atoms with E-state index in [4.69, 9.17) is 10.5 Å². The van der Waals surface area contributed by atoms with Crippen LogP contribution in [-0.2, 0) is 6.42 Å². The van der Waals surface area contributed by atoms with E-state index >= 15 is 0 Å². The van der Waals surface area contributed by atoms with Gasteiger partial charge in [0.25, 0.3) is 0 Å². The van der Waals surface area contributed by atoms with Crippen LogP contribution in [0.1, 0.15) is 17.0 Å². The van der Waals surface area contributed by atoms with E-state index in [0.29, 0.717) is 12.5 Å². The van der Waals surface area contributed by atoms with Crippen LogP contribution in [-0.4, -0.2) is 6.61 Å². The monoisotopic (exact) mass is 303 g/mol. The number of hydrogen-bond donors (Lipinski definition) is 1. The lowest BCUT2D eigenvalue weighted by Gasteiger charge is -2.30. The molecule has 0 bridgehead atoms. The Bertz CT molecular complexity index is 582. The summed E-state index contributed by atoms with van der Waals surface area (Å²) in [6, 6.07) is 14.2. The Kier molecular flexibility index (Phi) is 3.00. The number of hydrogen-bond acceptors (Lipinski definition) is 2. The van der Waals surface area contributed by atoms with Gasteiger partial charge < -0.3 is 10.5 Å². The number of halogens is 1. The molecule has 3 rings (SSSR count). The van der Waals surface area contributed by atoms with Crippen molar-refractivity contribution in [2.45, 2.75) is 12.3 Å². The van der Waals surface area contributed by atoms with E-state index in [2.05, 4.69) is 40.2 Å². The number of fused-ring (bicyclic) bond motifs is 1. The molecule has 1 aliphatic rings. The summed E-state index contributed by atoms with van der Waals surface area (Å²) >= 11 is 3.47. The zero-order chi connectivity index (χ0) is 12.5. The molecule has 1 atom stereocenters. The van der Waals surface area contributed by atoms with Crippen molar-refractivity contribution in [3.8, 4) is 5.75 Å². The Labute approximate surface area is 115 Å². The average Bonchev–Trinajstić information content (AvgIpc) is 2.34. The highest BCUT2D eigenvalue weighted by Gasteiger charge is 2.25. The first-order chi connectivity index (χ1) is 8.74. The van der Waals surface area contributed by atoms with Crippen LogP contribution in [0.4, 0.5) is 5.69 Å². The molecular weight excluding hydrogens is 290 g/mol. The van der Waals surface area contributed by atoms with Gasteiger partial charge in [-0.3, -0.25) is 0 Å². The van der Waals surface area contributed by atoms with E-state index in [-0.39, 0.29) is 0 Å². The van der Waals surface area contributed by atoms with E-state index in [1.165, 1.54) is 11.1 Å². The van der Waals surface area contributed by atoms with Crippen molar-refractivity contribution in [2.75, 3.05) is 12.3 Å². The number of benzene rings is 2. The molecule has 2 N–H and O–H groups in total. The first kappa shape index (κ1) is 11.6. The van der Waals surface area contributed by atoms with Crippen LogP contribution in [0.3, 0.4) is 0 Å². The van der Waals surface area contributed by atoms with Gasteiger partial charge in [0, 0.05) is 17.7 Å². The van der Waals surface area contributed by atoms with Crippen molar-refractivity contribution in [2.24, 2.45) is 0 Å². The standard InChI is InChI=1S/C15H14BrNO/c16-14-6-5-12(17)8-15(14)18-9-11-7-10-3-1-2-4-13(10)11/h1-6,8,11H,7,9,17H2. The van der Waals surface area contributed by atoms with Gasteiger partial charge in [0.1, 0.15) is 5.75 Å². The van der Waals surface area contributed by atoms with Crippen molar-refractivity contribution >= 4 is 21.6 Å². The van der Waals surface area contributed by atoms with Crippen molar-refractivity contribution in [3.05, 3.63) is 58.1 Å². The van der Waals surface area contributed by atoms with E-state index in [1.54, 1.807) is 0 Å². The molecule has 1 aliphatic carbocycles. The molecule has 2 aromatic carbocycles. The lowest BCUT2D eigenvalue weighted by molar-refractivity contribution is 0.274. The van der Waals surface area contributed by atoms with Crippen LogP contribution >= 0.6 is 15.9 Å². The highest BCUT2D eigenvalue weighted by Crippen LogP contribution is 2.36. The van der Waals surface area contributed by atoms with Gasteiger partial charge in [-0.05, 0) is 45.6 Å². The quantitative estimate of drug-likeness (QED) is 0.877. The molecule has 92 valence electrons. The Morgan fingerprint density at radius 2 is 2.06 bits per heavy atom. The fraction of sp³-hybridized carbons (Fsp3) is 0.200. The Morgan fingerprint density at radius 1 is 1.22 bits per heavy atom. The third-order valence-corrected chi connectivity index (χ3v) is 4.01. The third-order valence-electron chi connectivity index (χ3n) is 3.36. The summed E-state index contributed by atoms with van der Waals surface area (Å²) < 4.78 is 6.80. The first-order valence-electron chi connectivity index (χ1n) is 5.99. The fourth-order valence-corrected chi connectivity index (χ4v) is 2.69. The van der Waals surface area contributed by atoms with Crippen LogP contribution in [0.5, 0.6) is 5.75 Å². The molecule has 0 spiro atoms. The van der Waals surface area contributed by atoms with Gasteiger partial charge in [-0.25, -0.2) is 0 Å². The van der Waals surface area contributed by atoms with Crippen molar-refractivity contribution in [3.63, 3.8) is 0 Å².